The molecule has 8 heteroatoms. The van der Waals surface area contributed by atoms with E-state index in [0.717, 1.165) is 12.3 Å². The molecule has 0 unspecified atom stereocenters. The summed E-state index contributed by atoms with van der Waals surface area (Å²) in [6.07, 6.45) is -2.35. The number of aromatic nitrogens is 2. The summed E-state index contributed by atoms with van der Waals surface area (Å²) in [5.41, 5.74) is -0.961. The second-order valence-electron chi connectivity index (χ2n) is 4.52. The average molecular weight is 289 g/mol. The highest BCUT2D eigenvalue weighted by molar-refractivity contribution is 5.72. The fraction of sp³-hybridized carbons (Fsp3) is 0.583. The van der Waals surface area contributed by atoms with E-state index in [1.54, 1.807) is 4.90 Å². The first-order chi connectivity index (χ1) is 9.41. The van der Waals surface area contributed by atoms with Gasteiger partial charge in [-0.2, -0.15) is 13.2 Å². The van der Waals surface area contributed by atoms with Crippen LogP contribution in [-0.2, 0) is 15.7 Å². The summed E-state index contributed by atoms with van der Waals surface area (Å²) >= 11 is 0. The van der Waals surface area contributed by atoms with E-state index < -0.39 is 11.9 Å². The van der Waals surface area contributed by atoms with E-state index in [2.05, 4.69) is 14.7 Å². The van der Waals surface area contributed by atoms with Gasteiger partial charge in [-0.3, -0.25) is 4.79 Å². The van der Waals surface area contributed by atoms with Gasteiger partial charge in [-0.05, 0) is 18.9 Å². The predicted molar refractivity (Wildman–Crippen MR) is 64.0 cm³/mol. The first kappa shape index (κ1) is 14.5. The number of alkyl halides is 3. The van der Waals surface area contributed by atoms with Crippen LogP contribution in [0.15, 0.2) is 12.3 Å². The van der Waals surface area contributed by atoms with Gasteiger partial charge in [-0.1, -0.05) is 0 Å². The highest BCUT2D eigenvalue weighted by Gasteiger charge is 2.34. The van der Waals surface area contributed by atoms with Crippen molar-refractivity contribution in [3.05, 3.63) is 18.0 Å². The van der Waals surface area contributed by atoms with Crippen LogP contribution < -0.4 is 4.90 Å². The minimum atomic E-state index is -4.48. The largest absolute Gasteiger partial charge is 0.469 e. The number of esters is 1. The fourth-order valence-electron chi connectivity index (χ4n) is 2.14. The Morgan fingerprint density at radius 2 is 2.05 bits per heavy atom. The molecule has 0 spiro atoms. The van der Waals surface area contributed by atoms with Crippen molar-refractivity contribution in [2.75, 3.05) is 25.1 Å². The Morgan fingerprint density at radius 1 is 1.40 bits per heavy atom. The molecular formula is C12H14F3N3O2. The summed E-state index contributed by atoms with van der Waals surface area (Å²) in [7, 11) is 1.32. The lowest BCUT2D eigenvalue weighted by Gasteiger charge is -2.30. The molecule has 0 aliphatic carbocycles. The zero-order valence-electron chi connectivity index (χ0n) is 10.9. The Hall–Kier alpha value is -1.86. The lowest BCUT2D eigenvalue weighted by atomic mass is 9.97. The molecule has 5 nitrogen and oxygen atoms in total. The lowest BCUT2D eigenvalue weighted by molar-refractivity contribution is -0.146. The van der Waals surface area contributed by atoms with Crippen molar-refractivity contribution in [3.63, 3.8) is 0 Å². The third-order valence-corrected chi connectivity index (χ3v) is 3.25. The first-order valence-corrected chi connectivity index (χ1v) is 6.15. The van der Waals surface area contributed by atoms with Crippen LogP contribution in [0.5, 0.6) is 0 Å². The summed E-state index contributed by atoms with van der Waals surface area (Å²) in [6.45, 7) is 0.863. The number of halogens is 3. The fourth-order valence-corrected chi connectivity index (χ4v) is 2.14. The van der Waals surface area contributed by atoms with Crippen LogP contribution in [0.25, 0.3) is 0 Å². The average Bonchev–Trinajstić information content (AvgIpc) is 2.46. The smallest absolute Gasteiger partial charge is 0.433 e. The highest BCUT2D eigenvalue weighted by atomic mass is 19.4. The quantitative estimate of drug-likeness (QED) is 0.778. The van der Waals surface area contributed by atoms with Crippen molar-refractivity contribution in [2.24, 2.45) is 5.92 Å². The van der Waals surface area contributed by atoms with E-state index in [1.165, 1.54) is 7.11 Å². The van der Waals surface area contributed by atoms with Gasteiger partial charge < -0.3 is 9.64 Å². The number of anilines is 1. The van der Waals surface area contributed by atoms with E-state index in [9.17, 15) is 18.0 Å². The molecular weight excluding hydrogens is 275 g/mol. The molecule has 0 bridgehead atoms. The second kappa shape index (κ2) is 5.64. The standard InChI is InChI=1S/C12H14F3N3O2/c1-20-10(19)8-3-6-18(7-4-8)11-16-5-2-9(17-11)12(13,14)15/h2,5,8H,3-4,6-7H2,1H3. The number of piperidine rings is 1. The minimum Gasteiger partial charge on any atom is -0.469 e. The van der Waals surface area contributed by atoms with E-state index >= 15 is 0 Å². The molecule has 1 saturated heterocycles. The molecule has 0 saturated carbocycles. The van der Waals surface area contributed by atoms with Gasteiger partial charge in [0.2, 0.25) is 5.95 Å². The van der Waals surface area contributed by atoms with Crippen molar-refractivity contribution >= 4 is 11.9 Å². The number of hydrogen-bond acceptors (Lipinski definition) is 5. The maximum absolute atomic E-state index is 12.6. The van der Waals surface area contributed by atoms with Gasteiger partial charge in [0.15, 0.2) is 0 Å². The van der Waals surface area contributed by atoms with Gasteiger partial charge in [-0.15, -0.1) is 0 Å². The number of rotatable bonds is 2. The van der Waals surface area contributed by atoms with Crippen LogP contribution in [-0.4, -0.2) is 36.1 Å². The second-order valence-corrected chi connectivity index (χ2v) is 4.52. The summed E-state index contributed by atoms with van der Waals surface area (Å²) in [5, 5.41) is 0. The van der Waals surface area contributed by atoms with Crippen LogP contribution in [0.3, 0.4) is 0 Å². The van der Waals surface area contributed by atoms with Crippen molar-refractivity contribution < 1.29 is 22.7 Å². The molecule has 1 aliphatic heterocycles. The maximum Gasteiger partial charge on any atom is 0.433 e. The van der Waals surface area contributed by atoms with Crippen molar-refractivity contribution in [1.82, 2.24) is 9.97 Å². The van der Waals surface area contributed by atoms with E-state index in [0.29, 0.717) is 25.9 Å². The van der Waals surface area contributed by atoms with Crippen LogP contribution in [0, 0.1) is 5.92 Å². The number of nitrogens with zero attached hydrogens (tertiary/aromatic N) is 3. The summed E-state index contributed by atoms with van der Waals surface area (Å²) in [4.78, 5) is 20.4. The minimum absolute atomic E-state index is 0.0446. The zero-order valence-corrected chi connectivity index (χ0v) is 10.9. The van der Waals surface area contributed by atoms with Gasteiger partial charge in [0.25, 0.3) is 0 Å². The molecule has 0 N–H and O–H groups in total. The highest BCUT2D eigenvalue weighted by Crippen LogP contribution is 2.29. The summed E-state index contributed by atoms with van der Waals surface area (Å²) in [5.74, 6) is -0.445. The zero-order chi connectivity index (χ0) is 14.8. The van der Waals surface area contributed by atoms with Gasteiger partial charge in [0, 0.05) is 19.3 Å². The molecule has 1 aromatic heterocycles. The SMILES string of the molecule is COC(=O)C1CCN(c2nccc(C(F)(F)F)n2)CC1. The monoisotopic (exact) mass is 289 g/mol. The Kier molecular flexibility index (Phi) is 4.10. The molecule has 0 aromatic carbocycles. The maximum atomic E-state index is 12.6. The topological polar surface area (TPSA) is 55.3 Å². The Balaban J connectivity index is 2.06. The van der Waals surface area contributed by atoms with E-state index in [1.807, 2.05) is 0 Å². The Labute approximate surface area is 113 Å². The Bertz CT molecular complexity index is 485. The summed E-state index contributed by atoms with van der Waals surface area (Å²) < 4.78 is 42.4. The van der Waals surface area contributed by atoms with Crippen molar-refractivity contribution in [3.8, 4) is 0 Å². The third kappa shape index (κ3) is 3.17. The molecule has 2 heterocycles. The Morgan fingerprint density at radius 3 is 2.60 bits per heavy atom. The molecule has 0 amide bonds. The number of ether oxygens (including phenoxy) is 1. The molecule has 1 aliphatic rings. The van der Waals surface area contributed by atoms with Gasteiger partial charge in [0.05, 0.1) is 13.0 Å². The van der Waals surface area contributed by atoms with Crippen LogP contribution in [0.2, 0.25) is 0 Å². The van der Waals surface area contributed by atoms with Gasteiger partial charge in [-0.25, -0.2) is 9.97 Å². The molecule has 110 valence electrons. The first-order valence-electron chi connectivity index (χ1n) is 6.15. The molecule has 0 radical (unpaired) electrons. The number of hydrogen-bond donors (Lipinski definition) is 0. The van der Waals surface area contributed by atoms with Crippen molar-refractivity contribution in [2.45, 2.75) is 19.0 Å². The number of carbonyl (C=O) groups excluding carboxylic acids is 1. The summed E-state index contributed by atoms with van der Waals surface area (Å²) in [6, 6.07) is 0.838. The molecule has 20 heavy (non-hydrogen) atoms. The molecule has 1 fully saturated rings. The normalized spacial score (nSPS) is 17.1. The van der Waals surface area contributed by atoms with E-state index in [4.69, 9.17) is 0 Å². The number of carbonyl (C=O) groups is 1. The van der Waals surface area contributed by atoms with Crippen molar-refractivity contribution in [1.29, 1.82) is 0 Å². The number of methoxy groups -OCH3 is 1. The molecule has 1 aromatic rings. The molecule has 2 rings (SSSR count). The van der Waals surface area contributed by atoms with Crippen LogP contribution >= 0.6 is 0 Å². The third-order valence-electron chi connectivity index (χ3n) is 3.25. The molecule has 0 atom stereocenters. The van der Waals surface area contributed by atoms with E-state index in [-0.39, 0.29) is 17.8 Å². The predicted octanol–water partition coefficient (Wildman–Crippen LogP) is 1.88. The van der Waals surface area contributed by atoms with Crippen LogP contribution in [0.1, 0.15) is 18.5 Å². The lowest BCUT2D eigenvalue weighted by Crippen LogP contribution is -2.37. The van der Waals surface area contributed by atoms with Gasteiger partial charge in [0.1, 0.15) is 5.69 Å². The van der Waals surface area contributed by atoms with Crippen LogP contribution in [0.4, 0.5) is 19.1 Å². The van der Waals surface area contributed by atoms with Gasteiger partial charge >= 0.3 is 12.1 Å².